The Morgan fingerprint density at radius 2 is 1.58 bits per heavy atom. The predicted octanol–water partition coefficient (Wildman–Crippen LogP) is 7.13. The third-order valence-corrected chi connectivity index (χ3v) is 4.50. The lowest BCUT2D eigenvalue weighted by molar-refractivity contribution is 1.43. The lowest BCUT2D eigenvalue weighted by atomic mass is 9.96. The zero-order valence-corrected chi connectivity index (χ0v) is 14.4. The highest BCUT2D eigenvalue weighted by molar-refractivity contribution is 6.32. The van der Waals surface area contributed by atoms with Gasteiger partial charge in [-0.3, -0.25) is 0 Å². The first kappa shape index (κ1) is 16.3. The standard InChI is InChI=1S/C23H19Cl/c1-3-18-12-15-23(24)21(16-18)14-13-19-10-7-11-22(17(19)2)20-8-5-4-6-9-20/h3-16H,1H2,2H3/b14-13+. The van der Waals surface area contributed by atoms with E-state index in [0.717, 1.165) is 16.1 Å². The summed E-state index contributed by atoms with van der Waals surface area (Å²) in [6.45, 7) is 5.97. The quantitative estimate of drug-likeness (QED) is 0.446. The molecule has 0 unspecified atom stereocenters. The Morgan fingerprint density at radius 3 is 2.33 bits per heavy atom. The zero-order chi connectivity index (χ0) is 16.9. The van der Waals surface area contributed by atoms with Crippen molar-refractivity contribution in [3.05, 3.63) is 101 Å². The first-order valence-corrected chi connectivity index (χ1v) is 8.32. The summed E-state index contributed by atoms with van der Waals surface area (Å²) in [6.07, 6.45) is 6.01. The Hall–Kier alpha value is -2.57. The van der Waals surface area contributed by atoms with Gasteiger partial charge in [0.25, 0.3) is 0 Å². The summed E-state index contributed by atoms with van der Waals surface area (Å²) in [6, 6.07) is 22.8. The fraction of sp³-hybridized carbons (Fsp3) is 0.0435. The van der Waals surface area contributed by atoms with Crippen LogP contribution in [-0.4, -0.2) is 0 Å². The van der Waals surface area contributed by atoms with Gasteiger partial charge in [-0.05, 0) is 52.4 Å². The van der Waals surface area contributed by atoms with Gasteiger partial charge in [0.15, 0.2) is 0 Å². The van der Waals surface area contributed by atoms with Gasteiger partial charge in [0.05, 0.1) is 0 Å². The predicted molar refractivity (Wildman–Crippen MR) is 107 cm³/mol. The molecule has 118 valence electrons. The van der Waals surface area contributed by atoms with Crippen LogP contribution in [-0.2, 0) is 0 Å². The van der Waals surface area contributed by atoms with Crippen LogP contribution in [0.2, 0.25) is 5.02 Å². The molecule has 1 heteroatoms. The summed E-state index contributed by atoms with van der Waals surface area (Å²) >= 11 is 6.30. The van der Waals surface area contributed by atoms with Crippen LogP contribution in [0.15, 0.2) is 73.3 Å². The van der Waals surface area contributed by atoms with Crippen molar-refractivity contribution in [3.63, 3.8) is 0 Å². The molecule has 0 aliphatic carbocycles. The molecule has 0 aliphatic heterocycles. The van der Waals surface area contributed by atoms with E-state index < -0.39 is 0 Å². The van der Waals surface area contributed by atoms with Gasteiger partial charge in [0.2, 0.25) is 0 Å². The van der Waals surface area contributed by atoms with Gasteiger partial charge in [0.1, 0.15) is 0 Å². The number of rotatable bonds is 4. The molecule has 0 heterocycles. The maximum atomic E-state index is 6.30. The maximum absolute atomic E-state index is 6.30. The minimum absolute atomic E-state index is 0.744. The summed E-state index contributed by atoms with van der Waals surface area (Å²) < 4.78 is 0. The van der Waals surface area contributed by atoms with Crippen LogP contribution in [0.1, 0.15) is 22.3 Å². The second-order valence-corrected chi connectivity index (χ2v) is 6.11. The minimum atomic E-state index is 0.744. The number of benzene rings is 3. The van der Waals surface area contributed by atoms with Crippen LogP contribution < -0.4 is 0 Å². The van der Waals surface area contributed by atoms with Gasteiger partial charge < -0.3 is 0 Å². The molecule has 0 radical (unpaired) electrons. The Bertz CT molecular complexity index is 889. The summed E-state index contributed by atoms with van der Waals surface area (Å²) in [5, 5.41) is 0.744. The van der Waals surface area contributed by atoms with Crippen molar-refractivity contribution < 1.29 is 0 Å². The molecule has 0 fully saturated rings. The van der Waals surface area contributed by atoms with Crippen molar-refractivity contribution in [2.45, 2.75) is 6.92 Å². The highest BCUT2D eigenvalue weighted by atomic mass is 35.5. The Kier molecular flexibility index (Phi) is 4.98. The van der Waals surface area contributed by atoms with Crippen molar-refractivity contribution in [3.8, 4) is 11.1 Å². The van der Waals surface area contributed by atoms with Gasteiger partial charge in [-0.25, -0.2) is 0 Å². The Labute approximate surface area is 148 Å². The molecular formula is C23H19Cl. The van der Waals surface area contributed by atoms with Crippen molar-refractivity contribution in [1.29, 1.82) is 0 Å². The van der Waals surface area contributed by atoms with Crippen molar-refractivity contribution in [2.24, 2.45) is 0 Å². The van der Waals surface area contributed by atoms with E-state index in [4.69, 9.17) is 11.6 Å². The maximum Gasteiger partial charge on any atom is 0.0478 e. The van der Waals surface area contributed by atoms with Crippen LogP contribution >= 0.6 is 11.6 Å². The lowest BCUT2D eigenvalue weighted by Gasteiger charge is -2.09. The first-order chi connectivity index (χ1) is 11.7. The van der Waals surface area contributed by atoms with E-state index in [1.807, 2.05) is 30.3 Å². The normalized spacial score (nSPS) is 10.9. The minimum Gasteiger partial charge on any atom is -0.0985 e. The third kappa shape index (κ3) is 3.50. The van der Waals surface area contributed by atoms with Gasteiger partial charge in [0, 0.05) is 5.02 Å². The van der Waals surface area contributed by atoms with Gasteiger partial charge in [-0.2, -0.15) is 0 Å². The van der Waals surface area contributed by atoms with E-state index in [1.165, 1.54) is 22.3 Å². The summed E-state index contributed by atoms with van der Waals surface area (Å²) in [4.78, 5) is 0. The van der Waals surface area contributed by atoms with E-state index in [0.29, 0.717) is 0 Å². The molecule has 0 saturated heterocycles. The Morgan fingerprint density at radius 1 is 0.833 bits per heavy atom. The molecule has 0 aliphatic rings. The van der Waals surface area contributed by atoms with E-state index in [-0.39, 0.29) is 0 Å². The average molecular weight is 331 g/mol. The highest BCUT2D eigenvalue weighted by Crippen LogP contribution is 2.27. The lowest BCUT2D eigenvalue weighted by Crippen LogP contribution is -1.87. The fourth-order valence-corrected chi connectivity index (χ4v) is 2.94. The van der Waals surface area contributed by atoms with Gasteiger partial charge in [-0.1, -0.05) is 91.0 Å². The SMILES string of the molecule is C=Cc1ccc(Cl)c(/C=C/c2cccc(-c3ccccc3)c2C)c1. The van der Waals surface area contributed by atoms with Crippen molar-refractivity contribution in [1.82, 2.24) is 0 Å². The van der Waals surface area contributed by atoms with Gasteiger partial charge in [-0.15, -0.1) is 0 Å². The summed E-state index contributed by atoms with van der Waals surface area (Å²) in [5.41, 5.74) is 7.00. The summed E-state index contributed by atoms with van der Waals surface area (Å²) in [5.74, 6) is 0. The van der Waals surface area contributed by atoms with Crippen molar-refractivity contribution in [2.75, 3.05) is 0 Å². The van der Waals surface area contributed by atoms with Crippen LogP contribution in [0, 0.1) is 6.92 Å². The molecule has 0 saturated carbocycles. The van der Waals surface area contributed by atoms with E-state index in [9.17, 15) is 0 Å². The molecule has 0 atom stereocenters. The molecule has 0 aromatic heterocycles. The van der Waals surface area contributed by atoms with E-state index in [1.54, 1.807) is 0 Å². The smallest absolute Gasteiger partial charge is 0.0478 e. The van der Waals surface area contributed by atoms with E-state index in [2.05, 4.69) is 68.1 Å². The molecule has 0 spiro atoms. The molecule has 0 bridgehead atoms. The van der Waals surface area contributed by atoms with Crippen LogP contribution in [0.3, 0.4) is 0 Å². The molecule has 3 aromatic carbocycles. The zero-order valence-electron chi connectivity index (χ0n) is 13.7. The van der Waals surface area contributed by atoms with E-state index >= 15 is 0 Å². The molecule has 3 rings (SSSR count). The number of hydrogen-bond donors (Lipinski definition) is 0. The van der Waals surface area contributed by atoms with Crippen LogP contribution in [0.5, 0.6) is 0 Å². The fourth-order valence-electron chi connectivity index (χ4n) is 2.76. The number of halogens is 1. The van der Waals surface area contributed by atoms with Crippen LogP contribution in [0.25, 0.3) is 29.4 Å². The monoisotopic (exact) mass is 330 g/mol. The molecule has 0 N–H and O–H groups in total. The molecule has 3 aromatic rings. The molecule has 0 nitrogen and oxygen atoms in total. The molecular weight excluding hydrogens is 312 g/mol. The molecule has 0 amide bonds. The average Bonchev–Trinajstić information content (AvgIpc) is 2.63. The topological polar surface area (TPSA) is 0 Å². The second kappa shape index (κ2) is 7.33. The third-order valence-electron chi connectivity index (χ3n) is 4.16. The largest absolute Gasteiger partial charge is 0.0985 e. The van der Waals surface area contributed by atoms with Crippen molar-refractivity contribution >= 4 is 29.8 Å². The molecule has 24 heavy (non-hydrogen) atoms. The number of hydrogen-bond acceptors (Lipinski definition) is 0. The highest BCUT2D eigenvalue weighted by Gasteiger charge is 2.04. The first-order valence-electron chi connectivity index (χ1n) is 7.94. The Balaban J connectivity index is 1.98. The summed E-state index contributed by atoms with van der Waals surface area (Å²) in [7, 11) is 0. The van der Waals surface area contributed by atoms with Gasteiger partial charge >= 0.3 is 0 Å². The van der Waals surface area contributed by atoms with Crippen LogP contribution in [0.4, 0.5) is 0 Å². The second-order valence-electron chi connectivity index (χ2n) is 5.70.